The number of hydrogen-bond donors (Lipinski definition) is 1. The van der Waals surface area contributed by atoms with E-state index in [-0.39, 0.29) is 5.91 Å². The van der Waals surface area contributed by atoms with Crippen LogP contribution in [0.25, 0.3) is 0 Å². The van der Waals surface area contributed by atoms with Gasteiger partial charge in [-0.25, -0.2) is 0 Å². The van der Waals surface area contributed by atoms with Gasteiger partial charge in [-0.3, -0.25) is 9.69 Å². The fraction of sp³-hybridized carbons (Fsp3) is 0.533. The number of likely N-dealkylation sites (tertiary alicyclic amines) is 1. The molecule has 110 valence electrons. The van der Waals surface area contributed by atoms with Gasteiger partial charge in [0.15, 0.2) is 0 Å². The van der Waals surface area contributed by atoms with E-state index in [1.807, 2.05) is 24.3 Å². The zero-order valence-electron chi connectivity index (χ0n) is 11.8. The standard InChI is InChI=1S/C15H21ClN2O2/c1-20-10-8-17-15(19)11-18-9-2-3-14(18)12-4-6-13(16)7-5-12/h4-7,14H,2-3,8-11H2,1H3,(H,17,19)/t14-/m0/s1. The highest BCUT2D eigenvalue weighted by Gasteiger charge is 2.27. The van der Waals surface area contributed by atoms with Crippen LogP contribution in [0.1, 0.15) is 24.4 Å². The molecule has 1 atom stereocenters. The molecule has 0 unspecified atom stereocenters. The number of rotatable bonds is 6. The van der Waals surface area contributed by atoms with Crippen LogP contribution in [0, 0.1) is 0 Å². The Bertz CT molecular complexity index is 436. The number of amides is 1. The first-order valence-corrected chi connectivity index (χ1v) is 7.33. The Kier molecular flexibility index (Phi) is 5.83. The molecule has 2 rings (SSSR count). The zero-order chi connectivity index (χ0) is 14.4. The number of benzene rings is 1. The van der Waals surface area contributed by atoms with E-state index in [0.717, 1.165) is 24.4 Å². The lowest BCUT2D eigenvalue weighted by atomic mass is 10.0. The van der Waals surface area contributed by atoms with Crippen molar-refractivity contribution in [2.24, 2.45) is 0 Å². The molecule has 0 aliphatic carbocycles. The van der Waals surface area contributed by atoms with Crippen LogP contribution in [-0.2, 0) is 9.53 Å². The lowest BCUT2D eigenvalue weighted by molar-refractivity contribution is -0.122. The van der Waals surface area contributed by atoms with Crippen molar-refractivity contribution in [1.82, 2.24) is 10.2 Å². The average Bonchev–Trinajstić information content (AvgIpc) is 2.88. The second-order valence-corrected chi connectivity index (χ2v) is 5.46. The number of carbonyl (C=O) groups is 1. The molecule has 0 aromatic heterocycles. The van der Waals surface area contributed by atoms with Gasteiger partial charge in [0.25, 0.3) is 0 Å². The Balaban J connectivity index is 1.90. The van der Waals surface area contributed by atoms with Crippen molar-refractivity contribution in [2.75, 3.05) is 33.4 Å². The van der Waals surface area contributed by atoms with E-state index in [4.69, 9.17) is 16.3 Å². The quantitative estimate of drug-likeness (QED) is 0.819. The van der Waals surface area contributed by atoms with Crippen LogP contribution >= 0.6 is 11.6 Å². The van der Waals surface area contributed by atoms with E-state index in [1.165, 1.54) is 5.56 Å². The SMILES string of the molecule is COCCNC(=O)CN1CCC[C@H]1c1ccc(Cl)cc1. The van der Waals surface area contributed by atoms with Crippen molar-refractivity contribution in [2.45, 2.75) is 18.9 Å². The second kappa shape index (κ2) is 7.62. The monoisotopic (exact) mass is 296 g/mol. The summed E-state index contributed by atoms with van der Waals surface area (Å²) in [6, 6.07) is 8.24. The number of hydrogen-bond acceptors (Lipinski definition) is 3. The van der Waals surface area contributed by atoms with Crippen molar-refractivity contribution in [1.29, 1.82) is 0 Å². The molecule has 1 fully saturated rings. The molecule has 0 spiro atoms. The Morgan fingerprint density at radius 1 is 1.45 bits per heavy atom. The van der Waals surface area contributed by atoms with Gasteiger partial charge in [-0.2, -0.15) is 0 Å². The largest absolute Gasteiger partial charge is 0.383 e. The topological polar surface area (TPSA) is 41.6 Å². The first-order chi connectivity index (χ1) is 9.70. The minimum absolute atomic E-state index is 0.0583. The van der Waals surface area contributed by atoms with E-state index in [9.17, 15) is 4.79 Å². The van der Waals surface area contributed by atoms with Gasteiger partial charge in [0.1, 0.15) is 0 Å². The molecular formula is C15H21ClN2O2. The molecule has 0 radical (unpaired) electrons. The lowest BCUT2D eigenvalue weighted by Gasteiger charge is -2.24. The average molecular weight is 297 g/mol. The molecule has 1 amide bonds. The highest BCUT2D eigenvalue weighted by molar-refractivity contribution is 6.30. The zero-order valence-corrected chi connectivity index (χ0v) is 12.5. The summed E-state index contributed by atoms with van der Waals surface area (Å²) >= 11 is 5.92. The molecule has 0 bridgehead atoms. The lowest BCUT2D eigenvalue weighted by Crippen LogP contribution is -2.38. The van der Waals surface area contributed by atoms with Gasteiger partial charge in [-0.05, 0) is 37.1 Å². The number of ether oxygens (including phenoxy) is 1. The molecule has 1 aliphatic heterocycles. The van der Waals surface area contributed by atoms with Gasteiger partial charge in [0.2, 0.25) is 5.91 Å². The van der Waals surface area contributed by atoms with E-state index in [0.29, 0.717) is 25.7 Å². The van der Waals surface area contributed by atoms with Crippen LogP contribution in [0.3, 0.4) is 0 Å². The van der Waals surface area contributed by atoms with Gasteiger partial charge in [0.05, 0.1) is 13.2 Å². The first kappa shape index (κ1) is 15.3. The molecular weight excluding hydrogens is 276 g/mol. The summed E-state index contributed by atoms with van der Waals surface area (Å²) in [6.07, 6.45) is 2.21. The van der Waals surface area contributed by atoms with Crippen LogP contribution in [-0.4, -0.2) is 44.2 Å². The number of nitrogens with zero attached hydrogens (tertiary/aromatic N) is 1. The van der Waals surface area contributed by atoms with E-state index in [1.54, 1.807) is 7.11 Å². The Morgan fingerprint density at radius 2 is 2.20 bits per heavy atom. The normalized spacial score (nSPS) is 19.2. The third-order valence-corrected chi connectivity index (χ3v) is 3.85. The third-order valence-electron chi connectivity index (χ3n) is 3.59. The van der Waals surface area contributed by atoms with Crippen molar-refractivity contribution in [3.05, 3.63) is 34.9 Å². The Morgan fingerprint density at radius 3 is 2.90 bits per heavy atom. The molecule has 1 heterocycles. The third kappa shape index (κ3) is 4.20. The number of nitrogens with one attached hydrogen (secondary N) is 1. The van der Waals surface area contributed by atoms with Crippen LogP contribution in [0.2, 0.25) is 5.02 Å². The second-order valence-electron chi connectivity index (χ2n) is 5.02. The smallest absolute Gasteiger partial charge is 0.234 e. The minimum Gasteiger partial charge on any atom is -0.383 e. The summed E-state index contributed by atoms with van der Waals surface area (Å²) in [5.41, 5.74) is 1.23. The number of halogens is 1. The van der Waals surface area contributed by atoms with E-state index in [2.05, 4.69) is 10.2 Å². The molecule has 1 N–H and O–H groups in total. The molecule has 4 nitrogen and oxygen atoms in total. The van der Waals surface area contributed by atoms with Crippen molar-refractivity contribution < 1.29 is 9.53 Å². The Hall–Kier alpha value is -1.10. The molecule has 5 heteroatoms. The first-order valence-electron chi connectivity index (χ1n) is 6.96. The Labute approximate surface area is 125 Å². The molecule has 1 saturated heterocycles. The summed E-state index contributed by atoms with van der Waals surface area (Å²) in [4.78, 5) is 14.1. The van der Waals surface area contributed by atoms with Crippen molar-refractivity contribution in [3.8, 4) is 0 Å². The van der Waals surface area contributed by atoms with Gasteiger partial charge in [-0.15, -0.1) is 0 Å². The van der Waals surface area contributed by atoms with Crippen LogP contribution < -0.4 is 5.32 Å². The number of carbonyl (C=O) groups excluding carboxylic acids is 1. The van der Waals surface area contributed by atoms with Gasteiger partial charge in [-0.1, -0.05) is 23.7 Å². The highest BCUT2D eigenvalue weighted by atomic mass is 35.5. The summed E-state index contributed by atoms with van der Waals surface area (Å²) < 4.78 is 4.92. The van der Waals surface area contributed by atoms with Gasteiger partial charge in [0, 0.05) is 24.7 Å². The van der Waals surface area contributed by atoms with Crippen LogP contribution in [0.5, 0.6) is 0 Å². The van der Waals surface area contributed by atoms with Crippen molar-refractivity contribution in [3.63, 3.8) is 0 Å². The summed E-state index contributed by atoms with van der Waals surface area (Å²) in [5.74, 6) is 0.0583. The maximum absolute atomic E-state index is 11.9. The van der Waals surface area contributed by atoms with Crippen molar-refractivity contribution >= 4 is 17.5 Å². The number of methoxy groups -OCH3 is 1. The molecule has 1 aliphatic rings. The minimum atomic E-state index is 0.0583. The summed E-state index contributed by atoms with van der Waals surface area (Å²) in [6.45, 7) is 2.52. The molecule has 1 aromatic carbocycles. The predicted molar refractivity (Wildman–Crippen MR) is 79.9 cm³/mol. The van der Waals surface area contributed by atoms with Gasteiger partial charge >= 0.3 is 0 Å². The fourth-order valence-electron chi connectivity index (χ4n) is 2.61. The summed E-state index contributed by atoms with van der Waals surface area (Å²) in [5, 5.41) is 3.61. The maximum atomic E-state index is 11.9. The highest BCUT2D eigenvalue weighted by Crippen LogP contribution is 2.31. The molecule has 20 heavy (non-hydrogen) atoms. The van der Waals surface area contributed by atoms with Crippen LogP contribution in [0.4, 0.5) is 0 Å². The van der Waals surface area contributed by atoms with Crippen LogP contribution in [0.15, 0.2) is 24.3 Å². The van der Waals surface area contributed by atoms with E-state index < -0.39 is 0 Å². The fourth-order valence-corrected chi connectivity index (χ4v) is 2.74. The predicted octanol–water partition coefficient (Wildman–Crippen LogP) is 2.24. The van der Waals surface area contributed by atoms with E-state index >= 15 is 0 Å². The maximum Gasteiger partial charge on any atom is 0.234 e. The molecule has 1 aromatic rings. The molecule has 0 saturated carbocycles. The van der Waals surface area contributed by atoms with Gasteiger partial charge < -0.3 is 10.1 Å². The summed E-state index contributed by atoms with van der Waals surface area (Å²) in [7, 11) is 1.63.